The second-order valence-corrected chi connectivity index (χ2v) is 5.81. The molecule has 0 spiro atoms. The molecule has 1 aliphatic carbocycles. The van der Waals surface area contributed by atoms with Gasteiger partial charge in [0, 0.05) is 11.6 Å². The first-order valence-corrected chi connectivity index (χ1v) is 7.73. The number of fused-ring (bicyclic) bond motifs is 2. The predicted octanol–water partition coefficient (Wildman–Crippen LogP) is 2.99. The molecule has 3 aromatic rings. The third-order valence-electron chi connectivity index (χ3n) is 4.09. The Labute approximate surface area is 132 Å². The number of hydrogen-bond acceptors (Lipinski definition) is 5. The number of rotatable bonds is 3. The Morgan fingerprint density at radius 2 is 2.27 bits per heavy atom. The van der Waals surface area contributed by atoms with Crippen molar-refractivity contribution in [2.24, 2.45) is 0 Å². The number of benzene rings is 1. The highest BCUT2D eigenvalue weighted by molar-refractivity contribution is 6.30. The zero-order chi connectivity index (χ0) is 15.1. The minimum Gasteiger partial charge on any atom is -0.361 e. The van der Waals surface area contributed by atoms with Crippen LogP contribution in [0.4, 0.5) is 5.82 Å². The summed E-state index contributed by atoms with van der Waals surface area (Å²) in [6, 6.07) is 6.28. The lowest BCUT2D eigenvalue weighted by atomic mass is 10.1. The molecule has 1 atom stereocenters. The Kier molecular flexibility index (Phi) is 3.18. The van der Waals surface area contributed by atoms with Gasteiger partial charge in [-0.25, -0.2) is 14.6 Å². The van der Waals surface area contributed by atoms with Gasteiger partial charge in [-0.15, -0.1) is 5.10 Å². The summed E-state index contributed by atoms with van der Waals surface area (Å²) >= 11 is 6.07. The Morgan fingerprint density at radius 1 is 1.36 bits per heavy atom. The topological polar surface area (TPSA) is 68.5 Å². The zero-order valence-electron chi connectivity index (χ0n) is 12.1. The van der Waals surface area contributed by atoms with Gasteiger partial charge in [-0.1, -0.05) is 22.9 Å². The summed E-state index contributed by atoms with van der Waals surface area (Å²) in [6.45, 7) is 2.75. The summed E-state index contributed by atoms with van der Waals surface area (Å²) in [5.41, 5.74) is 4.05. The fourth-order valence-electron chi connectivity index (χ4n) is 3.01. The number of aromatic nitrogens is 5. The molecule has 0 saturated carbocycles. The first-order valence-electron chi connectivity index (χ1n) is 7.35. The van der Waals surface area contributed by atoms with Crippen LogP contribution < -0.4 is 5.32 Å². The molecule has 1 aliphatic rings. The maximum absolute atomic E-state index is 6.07. The van der Waals surface area contributed by atoms with E-state index in [0.29, 0.717) is 5.52 Å². The van der Waals surface area contributed by atoms with Crippen molar-refractivity contribution < 1.29 is 0 Å². The maximum Gasteiger partial charge on any atom is 0.183 e. The molecule has 22 heavy (non-hydrogen) atoms. The summed E-state index contributed by atoms with van der Waals surface area (Å²) < 4.78 is 1.77. The van der Waals surface area contributed by atoms with Gasteiger partial charge in [0.15, 0.2) is 17.0 Å². The van der Waals surface area contributed by atoms with E-state index in [1.165, 1.54) is 11.1 Å². The molecule has 7 heteroatoms. The Balaban J connectivity index is 1.70. The number of nitrogens with zero attached hydrogens (tertiary/aromatic N) is 5. The number of halogens is 1. The van der Waals surface area contributed by atoms with Crippen LogP contribution in [0.5, 0.6) is 0 Å². The van der Waals surface area contributed by atoms with E-state index in [1.807, 2.05) is 19.1 Å². The van der Waals surface area contributed by atoms with Crippen molar-refractivity contribution in [2.45, 2.75) is 32.4 Å². The zero-order valence-corrected chi connectivity index (χ0v) is 12.9. The second-order valence-electron chi connectivity index (χ2n) is 5.38. The summed E-state index contributed by atoms with van der Waals surface area (Å²) in [5, 5.41) is 12.6. The van der Waals surface area contributed by atoms with Crippen molar-refractivity contribution in [3.8, 4) is 0 Å². The lowest BCUT2D eigenvalue weighted by molar-refractivity contribution is 0.641. The molecule has 0 aliphatic heterocycles. The highest BCUT2D eigenvalue weighted by atomic mass is 35.5. The number of aryl methyl sites for hydroxylation is 2. The van der Waals surface area contributed by atoms with Crippen molar-refractivity contribution in [2.75, 3.05) is 5.32 Å². The first-order chi connectivity index (χ1) is 10.8. The van der Waals surface area contributed by atoms with E-state index >= 15 is 0 Å². The van der Waals surface area contributed by atoms with Crippen LogP contribution in [0.15, 0.2) is 24.5 Å². The molecule has 2 heterocycles. The van der Waals surface area contributed by atoms with Crippen molar-refractivity contribution in [3.05, 3.63) is 40.7 Å². The van der Waals surface area contributed by atoms with Crippen molar-refractivity contribution in [3.63, 3.8) is 0 Å². The highest BCUT2D eigenvalue weighted by Gasteiger charge is 2.24. The van der Waals surface area contributed by atoms with E-state index in [2.05, 4.69) is 31.7 Å². The summed E-state index contributed by atoms with van der Waals surface area (Å²) in [6.07, 6.45) is 3.59. The molecule has 6 nitrogen and oxygen atoms in total. The van der Waals surface area contributed by atoms with Crippen LogP contribution in [0.1, 0.15) is 30.5 Å². The molecular weight excluding hydrogens is 300 g/mol. The molecule has 2 aromatic heterocycles. The van der Waals surface area contributed by atoms with E-state index < -0.39 is 0 Å². The fraction of sp³-hybridized carbons (Fsp3) is 0.333. The van der Waals surface area contributed by atoms with Gasteiger partial charge >= 0.3 is 0 Å². The summed E-state index contributed by atoms with van der Waals surface area (Å²) in [4.78, 5) is 8.62. The molecule has 1 N–H and O–H groups in total. The smallest absolute Gasteiger partial charge is 0.183 e. The van der Waals surface area contributed by atoms with E-state index in [0.717, 1.165) is 35.9 Å². The lowest BCUT2D eigenvalue weighted by Crippen LogP contribution is -2.09. The Bertz CT molecular complexity index is 843. The van der Waals surface area contributed by atoms with E-state index in [-0.39, 0.29) is 6.04 Å². The van der Waals surface area contributed by atoms with Crippen LogP contribution in [-0.4, -0.2) is 25.0 Å². The van der Waals surface area contributed by atoms with Crippen LogP contribution in [0.2, 0.25) is 5.02 Å². The number of hydrogen-bond donors (Lipinski definition) is 1. The predicted molar refractivity (Wildman–Crippen MR) is 84.9 cm³/mol. The SMILES string of the molecule is CCn1nnc2c(N[C@@H]3CCc4cc(Cl)ccc43)ncnc21. The van der Waals surface area contributed by atoms with Crippen molar-refractivity contribution in [1.82, 2.24) is 25.0 Å². The average molecular weight is 315 g/mol. The molecule has 0 unspecified atom stereocenters. The molecule has 1 aromatic carbocycles. The van der Waals surface area contributed by atoms with Gasteiger partial charge in [0.25, 0.3) is 0 Å². The molecule has 0 amide bonds. The molecule has 112 valence electrons. The molecule has 0 fully saturated rings. The maximum atomic E-state index is 6.07. The minimum atomic E-state index is 0.220. The van der Waals surface area contributed by atoms with Gasteiger partial charge in [0.2, 0.25) is 0 Å². The molecule has 0 bridgehead atoms. The highest BCUT2D eigenvalue weighted by Crippen LogP contribution is 2.35. The third-order valence-corrected chi connectivity index (χ3v) is 4.33. The van der Waals surface area contributed by atoms with Gasteiger partial charge in [-0.3, -0.25) is 0 Å². The molecule has 0 radical (unpaired) electrons. The van der Waals surface area contributed by atoms with Crippen LogP contribution in [-0.2, 0) is 13.0 Å². The van der Waals surface area contributed by atoms with Gasteiger partial charge in [-0.2, -0.15) is 0 Å². The Morgan fingerprint density at radius 3 is 3.14 bits per heavy atom. The van der Waals surface area contributed by atoms with Crippen LogP contribution >= 0.6 is 11.6 Å². The normalized spacial score (nSPS) is 16.9. The van der Waals surface area contributed by atoms with Gasteiger partial charge in [0.05, 0.1) is 6.04 Å². The summed E-state index contributed by atoms with van der Waals surface area (Å²) in [5.74, 6) is 0.734. The average Bonchev–Trinajstić information content (AvgIpc) is 3.11. The standard InChI is InChI=1S/C15H15ClN6/c1-2-22-15-13(20-21-22)14(17-8-18-15)19-12-6-3-9-7-10(16)4-5-11(9)12/h4-5,7-8,12H,2-3,6H2,1H3,(H,17,18,19)/t12-/m1/s1. The van der Waals surface area contributed by atoms with E-state index in [9.17, 15) is 0 Å². The van der Waals surface area contributed by atoms with E-state index in [4.69, 9.17) is 11.6 Å². The first kappa shape index (κ1) is 13.5. The largest absolute Gasteiger partial charge is 0.361 e. The fourth-order valence-corrected chi connectivity index (χ4v) is 3.21. The Hall–Kier alpha value is -2.21. The van der Waals surface area contributed by atoms with Gasteiger partial charge in [-0.05, 0) is 43.0 Å². The monoisotopic (exact) mass is 314 g/mol. The number of anilines is 1. The van der Waals surface area contributed by atoms with Crippen LogP contribution in [0.25, 0.3) is 11.2 Å². The molecule has 4 rings (SSSR count). The second kappa shape index (κ2) is 5.21. The van der Waals surface area contributed by atoms with Crippen molar-refractivity contribution >= 4 is 28.6 Å². The lowest BCUT2D eigenvalue weighted by Gasteiger charge is -2.14. The quantitative estimate of drug-likeness (QED) is 0.805. The van der Waals surface area contributed by atoms with Gasteiger partial charge in [0.1, 0.15) is 6.33 Å². The minimum absolute atomic E-state index is 0.220. The third kappa shape index (κ3) is 2.11. The van der Waals surface area contributed by atoms with Crippen LogP contribution in [0.3, 0.4) is 0 Å². The van der Waals surface area contributed by atoms with E-state index in [1.54, 1.807) is 11.0 Å². The molecular formula is C15H15ClN6. The van der Waals surface area contributed by atoms with Crippen LogP contribution in [0, 0.1) is 0 Å². The number of nitrogens with one attached hydrogen (secondary N) is 1. The summed E-state index contributed by atoms with van der Waals surface area (Å²) in [7, 11) is 0. The van der Waals surface area contributed by atoms with Gasteiger partial charge < -0.3 is 5.32 Å². The van der Waals surface area contributed by atoms with Crippen molar-refractivity contribution in [1.29, 1.82) is 0 Å². The molecule has 0 saturated heterocycles.